The zero-order valence-corrected chi connectivity index (χ0v) is 11.2. The van der Waals surface area contributed by atoms with Crippen molar-refractivity contribution in [3.05, 3.63) is 35.4 Å². The summed E-state index contributed by atoms with van der Waals surface area (Å²) in [5.74, 6) is -3.55. The molecule has 0 bridgehead atoms. The van der Waals surface area contributed by atoms with Gasteiger partial charge in [0.25, 0.3) is 5.91 Å². The van der Waals surface area contributed by atoms with Crippen LogP contribution in [-0.2, 0) is 9.53 Å². The number of carboxylic acids is 1. The minimum atomic E-state index is -1.11. The van der Waals surface area contributed by atoms with E-state index in [0.29, 0.717) is 19.3 Å². The van der Waals surface area contributed by atoms with E-state index in [0.717, 1.165) is 12.1 Å². The first-order valence-corrected chi connectivity index (χ1v) is 6.49. The molecule has 1 aliphatic rings. The van der Waals surface area contributed by atoms with Crippen LogP contribution in [0.1, 0.15) is 23.2 Å². The Kier molecular flexibility index (Phi) is 4.52. The summed E-state index contributed by atoms with van der Waals surface area (Å²) in [7, 11) is 0. The SMILES string of the molecule is O=C(NCC1(C(=O)O)CCOCC1)c1ccc(F)cc1F. The maximum Gasteiger partial charge on any atom is 0.311 e. The number of benzene rings is 1. The molecule has 114 valence electrons. The van der Waals surface area contributed by atoms with Gasteiger partial charge in [0.15, 0.2) is 0 Å². The highest BCUT2D eigenvalue weighted by Gasteiger charge is 2.40. The molecule has 0 saturated carbocycles. The van der Waals surface area contributed by atoms with Crippen molar-refractivity contribution in [2.45, 2.75) is 12.8 Å². The smallest absolute Gasteiger partial charge is 0.311 e. The number of hydrogen-bond acceptors (Lipinski definition) is 3. The molecule has 5 nitrogen and oxygen atoms in total. The van der Waals surface area contributed by atoms with Crippen LogP contribution in [0.25, 0.3) is 0 Å². The molecule has 2 rings (SSSR count). The summed E-state index contributed by atoms with van der Waals surface area (Å²) in [5.41, 5.74) is -1.42. The average Bonchev–Trinajstić information content (AvgIpc) is 2.45. The van der Waals surface area contributed by atoms with Crippen LogP contribution in [0.3, 0.4) is 0 Å². The third kappa shape index (κ3) is 3.36. The largest absolute Gasteiger partial charge is 0.481 e. The van der Waals surface area contributed by atoms with Gasteiger partial charge in [-0.05, 0) is 25.0 Å². The van der Waals surface area contributed by atoms with Gasteiger partial charge in [-0.2, -0.15) is 0 Å². The first-order chi connectivity index (χ1) is 9.94. The molecule has 1 amide bonds. The molecule has 0 spiro atoms. The highest BCUT2D eigenvalue weighted by Crippen LogP contribution is 2.30. The number of carboxylic acid groups (broad SMARTS) is 1. The Hall–Kier alpha value is -2.02. The van der Waals surface area contributed by atoms with E-state index < -0.39 is 28.9 Å². The zero-order chi connectivity index (χ0) is 15.5. The Balaban J connectivity index is 2.07. The van der Waals surface area contributed by atoms with Crippen LogP contribution in [0.15, 0.2) is 18.2 Å². The Morgan fingerprint density at radius 2 is 1.95 bits per heavy atom. The fourth-order valence-electron chi connectivity index (χ4n) is 2.25. The molecule has 0 aromatic heterocycles. The van der Waals surface area contributed by atoms with Crippen LogP contribution >= 0.6 is 0 Å². The Labute approximate surface area is 119 Å². The van der Waals surface area contributed by atoms with E-state index >= 15 is 0 Å². The number of hydrogen-bond donors (Lipinski definition) is 2. The molecule has 1 aromatic carbocycles. The lowest BCUT2D eigenvalue weighted by Gasteiger charge is -2.33. The molecule has 1 heterocycles. The number of amides is 1. The van der Waals surface area contributed by atoms with Gasteiger partial charge in [-0.1, -0.05) is 0 Å². The van der Waals surface area contributed by atoms with Crippen LogP contribution in [0.5, 0.6) is 0 Å². The Morgan fingerprint density at radius 3 is 2.52 bits per heavy atom. The molecule has 7 heteroatoms. The van der Waals surface area contributed by atoms with Gasteiger partial charge in [0.1, 0.15) is 11.6 Å². The van der Waals surface area contributed by atoms with Crippen molar-refractivity contribution in [1.82, 2.24) is 5.32 Å². The third-order valence-electron chi connectivity index (χ3n) is 3.67. The molecular formula is C14H15F2NO4. The van der Waals surface area contributed by atoms with Crippen LogP contribution in [-0.4, -0.2) is 36.7 Å². The average molecular weight is 299 g/mol. The summed E-state index contributed by atoms with van der Waals surface area (Å²) in [6.45, 7) is 0.474. The van der Waals surface area contributed by atoms with E-state index in [1.54, 1.807) is 0 Å². The van der Waals surface area contributed by atoms with Gasteiger partial charge >= 0.3 is 5.97 Å². The molecule has 1 aromatic rings. The minimum absolute atomic E-state index is 0.124. The van der Waals surface area contributed by atoms with Gasteiger partial charge < -0.3 is 15.2 Å². The monoisotopic (exact) mass is 299 g/mol. The predicted octanol–water partition coefficient (Wildman–Crippen LogP) is 1.58. The second-order valence-corrected chi connectivity index (χ2v) is 5.00. The lowest BCUT2D eigenvalue weighted by molar-refractivity contribution is -0.154. The van der Waals surface area contributed by atoms with Crippen molar-refractivity contribution in [2.24, 2.45) is 5.41 Å². The van der Waals surface area contributed by atoms with Crippen molar-refractivity contribution in [1.29, 1.82) is 0 Å². The van der Waals surface area contributed by atoms with Crippen LogP contribution < -0.4 is 5.32 Å². The molecule has 0 aliphatic carbocycles. The molecule has 0 atom stereocenters. The number of nitrogens with one attached hydrogen (secondary N) is 1. The van der Waals surface area contributed by atoms with E-state index in [9.17, 15) is 23.5 Å². The molecule has 0 unspecified atom stereocenters. The first kappa shape index (κ1) is 15.4. The highest BCUT2D eigenvalue weighted by atomic mass is 19.1. The van der Waals surface area contributed by atoms with Crippen LogP contribution in [0.4, 0.5) is 8.78 Å². The number of aliphatic carboxylic acids is 1. The van der Waals surface area contributed by atoms with Crippen molar-refractivity contribution < 1.29 is 28.2 Å². The molecule has 21 heavy (non-hydrogen) atoms. The third-order valence-corrected chi connectivity index (χ3v) is 3.67. The number of rotatable bonds is 4. The summed E-state index contributed by atoms with van der Waals surface area (Å²) in [6, 6.07) is 2.60. The van der Waals surface area contributed by atoms with E-state index in [-0.39, 0.29) is 24.9 Å². The van der Waals surface area contributed by atoms with Gasteiger partial charge in [0.05, 0.1) is 11.0 Å². The van der Waals surface area contributed by atoms with E-state index in [2.05, 4.69) is 5.32 Å². The van der Waals surface area contributed by atoms with Gasteiger partial charge in [-0.25, -0.2) is 8.78 Å². The van der Waals surface area contributed by atoms with Gasteiger partial charge in [-0.15, -0.1) is 0 Å². The quantitative estimate of drug-likeness (QED) is 0.885. The summed E-state index contributed by atoms with van der Waals surface area (Å²) in [5, 5.41) is 11.7. The Morgan fingerprint density at radius 1 is 1.29 bits per heavy atom. The molecular weight excluding hydrogens is 284 g/mol. The zero-order valence-electron chi connectivity index (χ0n) is 11.2. The van der Waals surface area contributed by atoms with E-state index in [1.165, 1.54) is 0 Å². The second kappa shape index (κ2) is 6.17. The summed E-state index contributed by atoms with van der Waals surface area (Å²) >= 11 is 0. The van der Waals surface area contributed by atoms with Gasteiger partial charge in [-0.3, -0.25) is 9.59 Å². The molecule has 1 fully saturated rings. The Bertz CT molecular complexity index is 556. The van der Waals surface area contributed by atoms with E-state index in [4.69, 9.17) is 4.74 Å². The van der Waals surface area contributed by atoms with Crippen molar-refractivity contribution in [2.75, 3.05) is 19.8 Å². The van der Waals surface area contributed by atoms with Crippen molar-refractivity contribution >= 4 is 11.9 Å². The summed E-state index contributed by atoms with van der Waals surface area (Å²) in [4.78, 5) is 23.3. The predicted molar refractivity (Wildman–Crippen MR) is 68.8 cm³/mol. The topological polar surface area (TPSA) is 75.6 Å². The highest BCUT2D eigenvalue weighted by molar-refractivity contribution is 5.94. The lowest BCUT2D eigenvalue weighted by Crippen LogP contribution is -2.46. The fraction of sp³-hybridized carbons (Fsp3) is 0.429. The second-order valence-electron chi connectivity index (χ2n) is 5.00. The van der Waals surface area contributed by atoms with Crippen LogP contribution in [0.2, 0.25) is 0 Å². The molecule has 1 saturated heterocycles. The van der Waals surface area contributed by atoms with E-state index in [1.807, 2.05) is 0 Å². The maximum atomic E-state index is 13.5. The minimum Gasteiger partial charge on any atom is -0.481 e. The fourth-order valence-corrected chi connectivity index (χ4v) is 2.25. The molecule has 2 N–H and O–H groups in total. The van der Waals surface area contributed by atoms with Crippen molar-refractivity contribution in [3.8, 4) is 0 Å². The maximum absolute atomic E-state index is 13.5. The van der Waals surface area contributed by atoms with Gasteiger partial charge in [0.2, 0.25) is 0 Å². The van der Waals surface area contributed by atoms with Gasteiger partial charge in [0, 0.05) is 25.8 Å². The van der Waals surface area contributed by atoms with Crippen LogP contribution in [0, 0.1) is 17.0 Å². The lowest BCUT2D eigenvalue weighted by atomic mass is 9.80. The standard InChI is InChI=1S/C14H15F2NO4/c15-9-1-2-10(11(16)7-9)12(18)17-8-14(13(19)20)3-5-21-6-4-14/h1-2,7H,3-6,8H2,(H,17,18)(H,19,20). The first-order valence-electron chi connectivity index (χ1n) is 6.49. The summed E-state index contributed by atoms with van der Waals surface area (Å²) < 4.78 is 31.4. The number of carbonyl (C=O) groups is 2. The normalized spacial score (nSPS) is 17.2. The molecule has 1 aliphatic heterocycles. The number of carbonyl (C=O) groups excluding carboxylic acids is 1. The number of ether oxygens (including phenoxy) is 1. The summed E-state index contributed by atoms with van der Waals surface area (Å²) in [6.07, 6.45) is 0.545. The van der Waals surface area contributed by atoms with Crippen molar-refractivity contribution in [3.63, 3.8) is 0 Å². The molecule has 0 radical (unpaired) electrons. The number of halogens is 2.